The fraction of sp³-hybridized carbons (Fsp3) is 0.485. The predicted octanol–water partition coefficient (Wildman–Crippen LogP) is 10.2. The summed E-state index contributed by atoms with van der Waals surface area (Å²) in [5.74, 6) is -16.2. The van der Waals surface area contributed by atoms with E-state index in [-0.39, 0.29) is 37.8 Å². The highest BCUT2D eigenvalue weighted by molar-refractivity contribution is 7.12. The standard InChI is InChI=1S/C33H36F6O4S2/c1-5-6-7-8-9-10-19(2)43-23-13-11-22(12-14-23)30(41)42-18-25-16-27(21(4)45-25)29-28(26-15-24(17-40)44-20(26)3)31(34,35)33(38,39)32(29,36)37/h11-16,19,40H,5-10,17-18H2,1-4H3. The van der Waals surface area contributed by atoms with Gasteiger partial charge < -0.3 is 14.6 Å². The van der Waals surface area contributed by atoms with Gasteiger partial charge in [0.05, 0.1) is 18.3 Å². The van der Waals surface area contributed by atoms with E-state index in [2.05, 4.69) is 6.92 Å². The largest absolute Gasteiger partial charge is 0.491 e. The van der Waals surface area contributed by atoms with Crippen LogP contribution < -0.4 is 4.74 Å². The molecule has 0 fully saturated rings. The molecule has 0 spiro atoms. The number of alkyl halides is 6. The number of halogens is 6. The van der Waals surface area contributed by atoms with Crippen LogP contribution in [0.2, 0.25) is 0 Å². The minimum atomic E-state index is -5.69. The average molecular weight is 675 g/mol. The van der Waals surface area contributed by atoms with Crippen molar-refractivity contribution in [2.75, 3.05) is 0 Å². The van der Waals surface area contributed by atoms with Crippen molar-refractivity contribution in [2.24, 2.45) is 0 Å². The number of unbranched alkanes of at least 4 members (excludes halogenated alkanes) is 4. The quantitative estimate of drug-likeness (QED) is 0.105. The van der Waals surface area contributed by atoms with Crippen LogP contribution in [0.1, 0.15) is 93.4 Å². The van der Waals surface area contributed by atoms with Crippen molar-refractivity contribution >= 4 is 39.8 Å². The molecular weight excluding hydrogens is 638 g/mol. The van der Waals surface area contributed by atoms with Crippen LogP contribution >= 0.6 is 22.7 Å². The molecule has 0 aliphatic heterocycles. The number of allylic oxidation sites excluding steroid dienone is 2. The Morgan fingerprint density at radius 3 is 1.91 bits per heavy atom. The number of hydrogen-bond donors (Lipinski definition) is 1. The molecule has 0 radical (unpaired) electrons. The lowest BCUT2D eigenvalue weighted by molar-refractivity contribution is -0.254. The lowest BCUT2D eigenvalue weighted by atomic mass is 9.95. The Kier molecular flexibility index (Phi) is 10.8. The summed E-state index contributed by atoms with van der Waals surface area (Å²) in [6.07, 6.45) is 6.72. The Morgan fingerprint density at radius 1 is 0.844 bits per heavy atom. The van der Waals surface area contributed by atoms with Gasteiger partial charge in [0.1, 0.15) is 12.4 Å². The van der Waals surface area contributed by atoms with Crippen LogP contribution in [-0.2, 0) is 18.0 Å². The highest BCUT2D eigenvalue weighted by Gasteiger charge is 2.80. The number of carbonyl (C=O) groups is 1. The molecule has 4 rings (SSSR count). The first-order valence-electron chi connectivity index (χ1n) is 14.8. The van der Waals surface area contributed by atoms with Crippen molar-refractivity contribution in [1.82, 2.24) is 0 Å². The van der Waals surface area contributed by atoms with Crippen LogP contribution in [0.25, 0.3) is 11.1 Å². The van der Waals surface area contributed by atoms with Gasteiger partial charge in [-0.1, -0.05) is 32.6 Å². The van der Waals surface area contributed by atoms with Crippen LogP contribution in [0, 0.1) is 13.8 Å². The minimum absolute atomic E-state index is 0.00356. The lowest BCUT2D eigenvalue weighted by Crippen LogP contribution is -2.48. The van der Waals surface area contributed by atoms with Crippen molar-refractivity contribution < 1.29 is 45.7 Å². The smallest absolute Gasteiger partial charge is 0.380 e. The molecule has 1 unspecified atom stereocenters. The van der Waals surface area contributed by atoms with Crippen molar-refractivity contribution in [3.05, 3.63) is 72.6 Å². The molecule has 3 aromatic rings. The minimum Gasteiger partial charge on any atom is -0.491 e. The number of benzene rings is 1. The second-order valence-electron chi connectivity index (χ2n) is 11.2. The maximum absolute atomic E-state index is 15.2. The van der Waals surface area contributed by atoms with Crippen LogP contribution in [0.3, 0.4) is 0 Å². The summed E-state index contributed by atoms with van der Waals surface area (Å²) in [5, 5.41) is 9.43. The number of thiophene rings is 2. The highest BCUT2D eigenvalue weighted by atomic mass is 32.1. The summed E-state index contributed by atoms with van der Waals surface area (Å²) in [7, 11) is 0. The molecule has 1 atom stereocenters. The van der Waals surface area contributed by atoms with Gasteiger partial charge >= 0.3 is 23.7 Å². The molecule has 45 heavy (non-hydrogen) atoms. The van der Waals surface area contributed by atoms with Crippen LogP contribution in [0.4, 0.5) is 26.3 Å². The Hall–Kier alpha value is -2.83. The molecule has 4 nitrogen and oxygen atoms in total. The monoisotopic (exact) mass is 674 g/mol. The van der Waals surface area contributed by atoms with Gasteiger partial charge in [-0.15, -0.1) is 22.7 Å². The van der Waals surface area contributed by atoms with E-state index in [1.165, 1.54) is 45.2 Å². The lowest BCUT2D eigenvalue weighted by Gasteiger charge is -2.25. The van der Waals surface area contributed by atoms with Crippen molar-refractivity contribution in [3.8, 4) is 5.75 Å². The van der Waals surface area contributed by atoms with E-state index in [0.717, 1.165) is 54.1 Å². The number of aryl methyl sites for hydroxylation is 2. The molecule has 1 aliphatic rings. The van der Waals surface area contributed by atoms with Gasteiger partial charge in [-0.3, -0.25) is 0 Å². The molecule has 0 amide bonds. The number of esters is 1. The van der Waals surface area contributed by atoms with Crippen molar-refractivity contribution in [3.63, 3.8) is 0 Å². The van der Waals surface area contributed by atoms with Crippen LogP contribution in [0.5, 0.6) is 5.75 Å². The summed E-state index contributed by atoms with van der Waals surface area (Å²) in [5.41, 5.74) is -3.67. The maximum atomic E-state index is 15.2. The zero-order chi connectivity index (χ0) is 33.2. The Balaban J connectivity index is 1.50. The molecule has 0 bridgehead atoms. The number of aliphatic hydroxyl groups is 1. The van der Waals surface area contributed by atoms with E-state index < -0.39 is 52.6 Å². The van der Waals surface area contributed by atoms with Gasteiger partial charge in [0.15, 0.2) is 0 Å². The molecule has 2 aromatic heterocycles. The second kappa shape index (κ2) is 13.9. The number of carbonyl (C=O) groups excluding carboxylic acids is 1. The molecule has 1 N–H and O–H groups in total. The summed E-state index contributed by atoms with van der Waals surface area (Å²) in [4.78, 5) is 13.3. The summed E-state index contributed by atoms with van der Waals surface area (Å²) in [6.45, 7) is 5.89. The first-order valence-corrected chi connectivity index (χ1v) is 16.4. The topological polar surface area (TPSA) is 55.8 Å². The molecule has 0 saturated heterocycles. The summed E-state index contributed by atoms with van der Waals surface area (Å²) >= 11 is 1.74. The third kappa shape index (κ3) is 6.97. The number of ether oxygens (including phenoxy) is 2. The molecule has 246 valence electrons. The molecule has 1 aliphatic carbocycles. The second-order valence-corrected chi connectivity index (χ2v) is 13.9. The summed E-state index contributed by atoms with van der Waals surface area (Å²) < 4.78 is 101. The molecule has 2 heterocycles. The third-order valence-electron chi connectivity index (χ3n) is 7.79. The van der Waals surface area contributed by atoms with E-state index in [1.54, 1.807) is 12.1 Å². The normalized spacial score (nSPS) is 17.5. The van der Waals surface area contributed by atoms with E-state index in [9.17, 15) is 18.7 Å². The Morgan fingerprint density at radius 2 is 1.38 bits per heavy atom. The highest BCUT2D eigenvalue weighted by Crippen LogP contribution is 2.65. The van der Waals surface area contributed by atoms with E-state index in [1.807, 2.05) is 6.92 Å². The first kappa shape index (κ1) is 35.0. The van der Waals surface area contributed by atoms with E-state index in [0.29, 0.717) is 5.75 Å². The number of rotatable bonds is 14. The SMILES string of the molecule is CCCCCCCC(C)Oc1ccc(C(=O)OCc2cc(C3=C(c4cc(CO)sc4C)C(F)(F)C(F)(F)C3(F)F)c(C)s2)cc1. The maximum Gasteiger partial charge on any atom is 0.380 e. The van der Waals surface area contributed by atoms with Crippen LogP contribution in [-0.4, -0.2) is 34.9 Å². The summed E-state index contributed by atoms with van der Waals surface area (Å²) in [6, 6.07) is 8.47. The van der Waals surface area contributed by atoms with Gasteiger partial charge in [0.25, 0.3) is 0 Å². The van der Waals surface area contributed by atoms with Gasteiger partial charge in [-0.05, 0) is 81.1 Å². The zero-order valence-electron chi connectivity index (χ0n) is 25.5. The fourth-order valence-corrected chi connectivity index (χ4v) is 7.25. The number of hydrogen-bond acceptors (Lipinski definition) is 6. The average Bonchev–Trinajstić information content (AvgIpc) is 3.57. The molecule has 0 saturated carbocycles. The predicted molar refractivity (Wildman–Crippen MR) is 165 cm³/mol. The Labute approximate surface area is 266 Å². The molecule has 1 aromatic carbocycles. The van der Waals surface area contributed by atoms with Crippen LogP contribution in [0.15, 0.2) is 36.4 Å². The fourth-order valence-electron chi connectivity index (χ4n) is 5.38. The molecule has 12 heteroatoms. The molecular formula is C33H36F6O4S2. The zero-order valence-corrected chi connectivity index (χ0v) is 27.1. The first-order chi connectivity index (χ1) is 21.1. The van der Waals surface area contributed by atoms with Crippen molar-refractivity contribution in [2.45, 2.75) is 103 Å². The van der Waals surface area contributed by atoms with E-state index >= 15 is 17.6 Å². The van der Waals surface area contributed by atoms with Gasteiger partial charge in [-0.2, -0.15) is 26.3 Å². The Bertz CT molecular complexity index is 1520. The van der Waals surface area contributed by atoms with Gasteiger partial charge in [0, 0.05) is 30.7 Å². The third-order valence-corrected chi connectivity index (χ3v) is 9.85. The van der Waals surface area contributed by atoms with Gasteiger partial charge in [-0.25, -0.2) is 4.79 Å². The van der Waals surface area contributed by atoms with E-state index in [4.69, 9.17) is 9.47 Å². The van der Waals surface area contributed by atoms with Crippen molar-refractivity contribution in [1.29, 1.82) is 0 Å². The number of aliphatic hydroxyl groups excluding tert-OH is 1. The van der Waals surface area contributed by atoms with Gasteiger partial charge in [0.2, 0.25) is 0 Å².